The van der Waals surface area contributed by atoms with Crippen molar-refractivity contribution in [2.24, 2.45) is 0 Å². The van der Waals surface area contributed by atoms with E-state index in [1.807, 2.05) is 20.0 Å². The Morgan fingerprint density at radius 1 is 1.19 bits per heavy atom. The topological polar surface area (TPSA) is 48.4 Å². The SMILES string of the molecule is CCOC(=O)C[C@H](O[Si](C)(C)C(C)(C)C)c1ccc2cc(C)ncc2c1. The molecule has 0 aliphatic heterocycles. The van der Waals surface area contributed by atoms with Gasteiger partial charge in [0.15, 0.2) is 8.32 Å². The summed E-state index contributed by atoms with van der Waals surface area (Å²) < 4.78 is 11.8. The number of fused-ring (bicyclic) bond motifs is 1. The molecule has 2 rings (SSSR count). The Labute approximate surface area is 158 Å². The first-order chi connectivity index (χ1) is 12.0. The minimum absolute atomic E-state index is 0.0649. The van der Waals surface area contributed by atoms with E-state index in [9.17, 15) is 4.79 Å². The average molecular weight is 374 g/mol. The first kappa shape index (κ1) is 20.6. The van der Waals surface area contributed by atoms with Gasteiger partial charge < -0.3 is 9.16 Å². The zero-order chi connectivity index (χ0) is 19.5. The van der Waals surface area contributed by atoms with Crippen molar-refractivity contribution in [2.45, 2.75) is 65.3 Å². The van der Waals surface area contributed by atoms with Gasteiger partial charge in [-0.15, -0.1) is 0 Å². The molecule has 0 saturated carbocycles. The summed E-state index contributed by atoms with van der Waals surface area (Å²) in [5, 5.41) is 2.26. The van der Waals surface area contributed by atoms with Crippen molar-refractivity contribution < 1.29 is 14.0 Å². The molecule has 4 nitrogen and oxygen atoms in total. The summed E-state index contributed by atoms with van der Waals surface area (Å²) in [4.78, 5) is 16.6. The van der Waals surface area contributed by atoms with Crippen LogP contribution in [0.25, 0.3) is 10.8 Å². The molecule has 1 aromatic heterocycles. The van der Waals surface area contributed by atoms with Crippen LogP contribution < -0.4 is 0 Å². The van der Waals surface area contributed by atoms with Gasteiger partial charge in [0, 0.05) is 17.3 Å². The number of hydrogen-bond donors (Lipinski definition) is 0. The Morgan fingerprint density at radius 3 is 2.50 bits per heavy atom. The Balaban J connectivity index is 2.39. The third-order valence-corrected chi connectivity index (χ3v) is 9.64. The van der Waals surface area contributed by atoms with Crippen LogP contribution in [0.4, 0.5) is 0 Å². The number of aryl methyl sites for hydroxylation is 1. The van der Waals surface area contributed by atoms with Crippen LogP contribution in [0.1, 0.15) is 51.5 Å². The van der Waals surface area contributed by atoms with Crippen LogP contribution in [0.2, 0.25) is 18.1 Å². The zero-order valence-corrected chi connectivity index (χ0v) is 18.1. The highest BCUT2D eigenvalue weighted by molar-refractivity contribution is 6.74. The second-order valence-electron chi connectivity index (χ2n) is 8.31. The fraction of sp³-hybridized carbons (Fsp3) is 0.524. The van der Waals surface area contributed by atoms with E-state index in [2.05, 4.69) is 63.1 Å². The van der Waals surface area contributed by atoms with E-state index in [1.165, 1.54) is 0 Å². The van der Waals surface area contributed by atoms with Gasteiger partial charge >= 0.3 is 5.97 Å². The van der Waals surface area contributed by atoms with Crippen molar-refractivity contribution in [2.75, 3.05) is 6.61 Å². The molecule has 0 spiro atoms. The van der Waals surface area contributed by atoms with E-state index < -0.39 is 8.32 Å². The van der Waals surface area contributed by atoms with Gasteiger partial charge in [-0.1, -0.05) is 32.9 Å². The second kappa shape index (κ2) is 7.88. The number of pyridine rings is 1. The molecule has 1 heterocycles. The molecule has 0 bridgehead atoms. The Hall–Kier alpha value is -1.72. The quantitative estimate of drug-likeness (QED) is 0.491. The molecule has 0 radical (unpaired) electrons. The molecule has 0 amide bonds. The first-order valence-electron chi connectivity index (χ1n) is 9.23. The molecule has 0 aliphatic rings. The van der Waals surface area contributed by atoms with Gasteiger partial charge in [-0.05, 0) is 55.1 Å². The summed E-state index contributed by atoms with van der Waals surface area (Å²) in [7, 11) is -2.04. The van der Waals surface area contributed by atoms with Crippen LogP contribution in [0.5, 0.6) is 0 Å². The lowest BCUT2D eigenvalue weighted by atomic mass is 10.0. The van der Waals surface area contributed by atoms with Gasteiger partial charge in [0.05, 0.1) is 19.1 Å². The highest BCUT2D eigenvalue weighted by Crippen LogP contribution is 2.41. The largest absolute Gasteiger partial charge is 0.466 e. The number of benzene rings is 1. The van der Waals surface area contributed by atoms with Gasteiger partial charge in [-0.2, -0.15) is 0 Å². The fourth-order valence-corrected chi connectivity index (χ4v) is 3.89. The summed E-state index contributed by atoms with van der Waals surface area (Å²) in [5.74, 6) is -0.224. The monoisotopic (exact) mass is 373 g/mol. The van der Waals surface area contributed by atoms with Crippen LogP contribution in [-0.4, -0.2) is 25.9 Å². The third kappa shape index (κ3) is 4.92. The molecule has 26 heavy (non-hydrogen) atoms. The number of carbonyl (C=O) groups is 1. The predicted octanol–water partition coefficient (Wildman–Crippen LogP) is 5.56. The summed E-state index contributed by atoms with van der Waals surface area (Å²) in [6.45, 7) is 15.2. The van der Waals surface area contributed by atoms with Crippen molar-refractivity contribution in [1.29, 1.82) is 0 Å². The highest BCUT2D eigenvalue weighted by atomic mass is 28.4. The standard InChI is InChI=1S/C21H31NO3Si/c1-8-24-20(23)13-19(25-26(6,7)21(3,4)5)17-10-9-16-11-15(2)22-14-18(16)12-17/h9-12,14,19H,8,13H2,1-7H3/t19-/m0/s1. The molecule has 5 heteroatoms. The van der Waals surface area contributed by atoms with Crippen molar-refractivity contribution >= 4 is 25.1 Å². The predicted molar refractivity (Wildman–Crippen MR) is 109 cm³/mol. The van der Waals surface area contributed by atoms with Gasteiger partial charge in [0.2, 0.25) is 0 Å². The highest BCUT2D eigenvalue weighted by Gasteiger charge is 2.40. The summed E-state index contributed by atoms with van der Waals surface area (Å²) in [6, 6.07) is 8.28. The van der Waals surface area contributed by atoms with E-state index in [0.29, 0.717) is 6.61 Å². The molecule has 0 N–H and O–H groups in total. The van der Waals surface area contributed by atoms with E-state index in [1.54, 1.807) is 0 Å². The van der Waals surface area contributed by atoms with Crippen LogP contribution in [-0.2, 0) is 14.0 Å². The van der Waals surface area contributed by atoms with Crippen LogP contribution in [0.3, 0.4) is 0 Å². The van der Waals surface area contributed by atoms with Crippen LogP contribution in [0, 0.1) is 6.92 Å². The minimum atomic E-state index is -2.04. The van der Waals surface area contributed by atoms with Crippen LogP contribution in [0.15, 0.2) is 30.5 Å². The summed E-state index contributed by atoms with van der Waals surface area (Å²) in [6.07, 6.45) is 1.80. The Bertz CT molecular complexity index is 780. The molecule has 2 aromatic rings. The molecule has 0 saturated heterocycles. The molecule has 0 fully saturated rings. The molecule has 0 aliphatic carbocycles. The zero-order valence-electron chi connectivity index (χ0n) is 17.1. The minimum Gasteiger partial charge on any atom is -0.466 e. The lowest BCUT2D eigenvalue weighted by Crippen LogP contribution is -2.42. The lowest BCUT2D eigenvalue weighted by Gasteiger charge is -2.39. The number of aromatic nitrogens is 1. The molecule has 142 valence electrons. The number of rotatable bonds is 6. The number of esters is 1. The van der Waals surface area contributed by atoms with E-state index in [4.69, 9.17) is 9.16 Å². The Kier molecular flexibility index (Phi) is 6.24. The number of carbonyl (C=O) groups excluding carboxylic acids is 1. The van der Waals surface area contributed by atoms with Crippen molar-refractivity contribution in [1.82, 2.24) is 4.98 Å². The second-order valence-corrected chi connectivity index (χ2v) is 13.1. The first-order valence-corrected chi connectivity index (χ1v) is 12.1. The van der Waals surface area contributed by atoms with Gasteiger partial charge in [-0.3, -0.25) is 9.78 Å². The van der Waals surface area contributed by atoms with Crippen molar-refractivity contribution in [3.05, 3.63) is 41.7 Å². The third-order valence-electron chi connectivity index (χ3n) is 5.15. The maximum absolute atomic E-state index is 12.2. The number of hydrogen-bond acceptors (Lipinski definition) is 4. The van der Waals surface area contributed by atoms with Gasteiger partial charge in [-0.25, -0.2) is 0 Å². The normalized spacial score (nSPS) is 13.7. The van der Waals surface area contributed by atoms with E-state index in [-0.39, 0.29) is 23.5 Å². The molecular formula is C21H31NO3Si. The maximum Gasteiger partial charge on any atom is 0.308 e. The molecule has 1 aromatic carbocycles. The molecular weight excluding hydrogens is 342 g/mol. The molecule has 1 atom stereocenters. The number of nitrogens with zero attached hydrogens (tertiary/aromatic N) is 1. The van der Waals surface area contributed by atoms with E-state index >= 15 is 0 Å². The van der Waals surface area contributed by atoms with Gasteiger partial charge in [0.1, 0.15) is 0 Å². The van der Waals surface area contributed by atoms with Crippen molar-refractivity contribution in [3.63, 3.8) is 0 Å². The van der Waals surface area contributed by atoms with E-state index in [0.717, 1.165) is 22.0 Å². The van der Waals surface area contributed by atoms with Crippen LogP contribution >= 0.6 is 0 Å². The van der Waals surface area contributed by atoms with Gasteiger partial charge in [0.25, 0.3) is 0 Å². The Morgan fingerprint density at radius 2 is 1.88 bits per heavy atom. The van der Waals surface area contributed by atoms with Crippen molar-refractivity contribution in [3.8, 4) is 0 Å². The number of ether oxygens (including phenoxy) is 1. The molecule has 0 unspecified atom stereocenters. The average Bonchev–Trinajstić information content (AvgIpc) is 2.52. The fourth-order valence-electron chi connectivity index (χ4n) is 2.60. The smallest absolute Gasteiger partial charge is 0.308 e. The maximum atomic E-state index is 12.2. The summed E-state index contributed by atoms with van der Waals surface area (Å²) >= 11 is 0. The lowest BCUT2D eigenvalue weighted by molar-refractivity contribution is -0.145. The summed E-state index contributed by atoms with van der Waals surface area (Å²) in [5.41, 5.74) is 1.99.